The smallest absolute Gasteiger partial charge is 0.193 e. The molecule has 0 aromatic heterocycles. The van der Waals surface area contributed by atoms with Crippen molar-refractivity contribution in [2.45, 2.75) is 33.0 Å². The third-order valence-electron chi connectivity index (χ3n) is 3.71. The van der Waals surface area contributed by atoms with Gasteiger partial charge in [0.05, 0.1) is 13.2 Å². The minimum atomic E-state index is 0.0950. The van der Waals surface area contributed by atoms with Crippen molar-refractivity contribution < 1.29 is 9.53 Å². The number of benzene rings is 2. The molecule has 2 nitrogen and oxygen atoms in total. The molecular formula is C18H18O2. The standard InChI is InChI=1S/C18H18O2/c1-2-4-13-5-3-6-14(9-13)18(19)15-7-8-16-11-20-12-17(16)10-15/h3,5-10H,2,4,11-12H2,1H3. The molecule has 0 N–H and O–H groups in total. The summed E-state index contributed by atoms with van der Waals surface area (Å²) in [6, 6.07) is 13.8. The zero-order valence-corrected chi connectivity index (χ0v) is 11.7. The Morgan fingerprint density at radius 2 is 1.85 bits per heavy atom. The Hall–Kier alpha value is -1.93. The van der Waals surface area contributed by atoms with Gasteiger partial charge in [-0.05, 0) is 35.2 Å². The molecule has 20 heavy (non-hydrogen) atoms. The van der Waals surface area contributed by atoms with Crippen molar-refractivity contribution in [2.24, 2.45) is 0 Å². The van der Waals surface area contributed by atoms with Crippen LogP contribution in [-0.4, -0.2) is 5.78 Å². The second kappa shape index (κ2) is 5.59. The van der Waals surface area contributed by atoms with E-state index in [2.05, 4.69) is 13.0 Å². The summed E-state index contributed by atoms with van der Waals surface area (Å²) < 4.78 is 5.40. The molecule has 3 rings (SSSR count). The Labute approximate surface area is 119 Å². The van der Waals surface area contributed by atoms with Crippen molar-refractivity contribution in [3.8, 4) is 0 Å². The Balaban J connectivity index is 1.90. The Kier molecular flexibility index (Phi) is 3.66. The van der Waals surface area contributed by atoms with Crippen LogP contribution in [0.4, 0.5) is 0 Å². The molecular weight excluding hydrogens is 248 g/mol. The third kappa shape index (κ3) is 2.52. The van der Waals surface area contributed by atoms with Crippen molar-refractivity contribution in [3.05, 3.63) is 70.3 Å². The van der Waals surface area contributed by atoms with Crippen LogP contribution >= 0.6 is 0 Å². The minimum absolute atomic E-state index is 0.0950. The van der Waals surface area contributed by atoms with Crippen LogP contribution in [0.3, 0.4) is 0 Å². The summed E-state index contributed by atoms with van der Waals surface area (Å²) >= 11 is 0. The highest BCUT2D eigenvalue weighted by atomic mass is 16.5. The van der Waals surface area contributed by atoms with Crippen LogP contribution in [0, 0.1) is 0 Å². The lowest BCUT2D eigenvalue weighted by Gasteiger charge is -2.06. The van der Waals surface area contributed by atoms with Crippen LogP contribution in [0.1, 0.15) is 46.0 Å². The lowest BCUT2D eigenvalue weighted by Crippen LogP contribution is -2.03. The summed E-state index contributed by atoms with van der Waals surface area (Å²) in [5.74, 6) is 0.0950. The molecule has 0 atom stereocenters. The van der Waals surface area contributed by atoms with E-state index in [1.165, 1.54) is 11.1 Å². The fraction of sp³-hybridized carbons (Fsp3) is 0.278. The monoisotopic (exact) mass is 266 g/mol. The van der Waals surface area contributed by atoms with Gasteiger partial charge in [-0.2, -0.15) is 0 Å². The maximum Gasteiger partial charge on any atom is 0.193 e. The third-order valence-corrected chi connectivity index (χ3v) is 3.71. The van der Waals surface area contributed by atoms with Crippen LogP contribution < -0.4 is 0 Å². The molecule has 0 saturated heterocycles. The molecule has 0 aliphatic carbocycles. The quantitative estimate of drug-likeness (QED) is 0.784. The van der Waals surface area contributed by atoms with Crippen molar-refractivity contribution >= 4 is 5.78 Å². The average Bonchev–Trinajstić information content (AvgIpc) is 2.94. The first kappa shape index (κ1) is 13.1. The predicted molar refractivity (Wildman–Crippen MR) is 78.8 cm³/mol. The molecule has 0 amide bonds. The van der Waals surface area contributed by atoms with Crippen LogP contribution in [0.2, 0.25) is 0 Å². The summed E-state index contributed by atoms with van der Waals surface area (Å²) in [6.07, 6.45) is 2.10. The van der Waals surface area contributed by atoms with E-state index in [1.54, 1.807) is 0 Å². The van der Waals surface area contributed by atoms with Gasteiger partial charge in [-0.3, -0.25) is 4.79 Å². The Morgan fingerprint density at radius 3 is 2.70 bits per heavy atom. The van der Waals surface area contributed by atoms with Gasteiger partial charge in [0.1, 0.15) is 0 Å². The molecule has 1 aliphatic heterocycles. The number of hydrogen-bond donors (Lipinski definition) is 0. The minimum Gasteiger partial charge on any atom is -0.372 e. The van der Waals surface area contributed by atoms with Gasteiger partial charge in [0.15, 0.2) is 5.78 Å². The molecule has 0 fully saturated rings. The van der Waals surface area contributed by atoms with Crippen molar-refractivity contribution in [2.75, 3.05) is 0 Å². The van der Waals surface area contributed by atoms with E-state index in [1.807, 2.05) is 36.4 Å². The highest BCUT2D eigenvalue weighted by Crippen LogP contribution is 2.22. The molecule has 2 aromatic rings. The van der Waals surface area contributed by atoms with Crippen molar-refractivity contribution in [3.63, 3.8) is 0 Å². The molecule has 0 spiro atoms. The van der Waals surface area contributed by atoms with E-state index in [0.717, 1.165) is 29.5 Å². The summed E-state index contributed by atoms with van der Waals surface area (Å²) in [5, 5.41) is 0. The van der Waals surface area contributed by atoms with Gasteiger partial charge < -0.3 is 4.74 Å². The molecule has 2 heteroatoms. The molecule has 0 unspecified atom stereocenters. The molecule has 0 radical (unpaired) electrons. The van der Waals surface area contributed by atoms with Gasteiger partial charge in [-0.25, -0.2) is 0 Å². The number of ketones is 1. The van der Waals surface area contributed by atoms with Gasteiger partial charge in [-0.1, -0.05) is 43.7 Å². The summed E-state index contributed by atoms with van der Waals surface area (Å²) in [4.78, 5) is 12.6. The predicted octanol–water partition coefficient (Wildman–Crippen LogP) is 3.90. The van der Waals surface area contributed by atoms with E-state index in [-0.39, 0.29) is 5.78 Å². The van der Waals surface area contributed by atoms with Crippen LogP contribution in [0.25, 0.3) is 0 Å². The van der Waals surface area contributed by atoms with E-state index in [4.69, 9.17) is 4.74 Å². The SMILES string of the molecule is CCCc1cccc(C(=O)c2ccc3c(c2)COC3)c1. The van der Waals surface area contributed by atoms with E-state index in [9.17, 15) is 4.79 Å². The normalized spacial score (nSPS) is 13.2. The van der Waals surface area contributed by atoms with E-state index < -0.39 is 0 Å². The van der Waals surface area contributed by atoms with E-state index in [0.29, 0.717) is 13.2 Å². The first-order chi connectivity index (χ1) is 9.78. The first-order valence-electron chi connectivity index (χ1n) is 7.11. The summed E-state index contributed by atoms with van der Waals surface area (Å²) in [5.41, 5.74) is 5.09. The average molecular weight is 266 g/mol. The lowest BCUT2D eigenvalue weighted by molar-refractivity contribution is 0.103. The van der Waals surface area contributed by atoms with Gasteiger partial charge in [-0.15, -0.1) is 0 Å². The Morgan fingerprint density at radius 1 is 1.05 bits per heavy atom. The number of fused-ring (bicyclic) bond motifs is 1. The van der Waals surface area contributed by atoms with Crippen molar-refractivity contribution in [1.29, 1.82) is 0 Å². The molecule has 2 aromatic carbocycles. The molecule has 1 heterocycles. The number of hydrogen-bond acceptors (Lipinski definition) is 2. The lowest BCUT2D eigenvalue weighted by atomic mass is 9.97. The molecule has 0 bridgehead atoms. The second-order valence-electron chi connectivity index (χ2n) is 5.26. The maximum absolute atomic E-state index is 12.6. The highest BCUT2D eigenvalue weighted by Gasteiger charge is 2.15. The zero-order chi connectivity index (χ0) is 13.9. The molecule has 102 valence electrons. The second-order valence-corrected chi connectivity index (χ2v) is 5.26. The van der Waals surface area contributed by atoms with E-state index >= 15 is 0 Å². The van der Waals surface area contributed by atoms with Gasteiger partial charge in [0, 0.05) is 11.1 Å². The zero-order valence-electron chi connectivity index (χ0n) is 11.7. The largest absolute Gasteiger partial charge is 0.372 e. The van der Waals surface area contributed by atoms with Gasteiger partial charge >= 0.3 is 0 Å². The highest BCUT2D eigenvalue weighted by molar-refractivity contribution is 6.09. The fourth-order valence-electron chi connectivity index (χ4n) is 2.64. The van der Waals surface area contributed by atoms with Gasteiger partial charge in [0.2, 0.25) is 0 Å². The maximum atomic E-state index is 12.6. The number of rotatable bonds is 4. The number of carbonyl (C=O) groups excluding carboxylic acids is 1. The van der Waals surface area contributed by atoms with Crippen LogP contribution in [-0.2, 0) is 24.4 Å². The van der Waals surface area contributed by atoms with Crippen LogP contribution in [0.5, 0.6) is 0 Å². The Bertz CT molecular complexity index is 644. The number of carbonyl (C=O) groups is 1. The number of aryl methyl sites for hydroxylation is 1. The first-order valence-corrected chi connectivity index (χ1v) is 7.11. The molecule has 1 aliphatic rings. The topological polar surface area (TPSA) is 26.3 Å². The summed E-state index contributed by atoms with van der Waals surface area (Å²) in [7, 11) is 0. The van der Waals surface area contributed by atoms with Gasteiger partial charge in [0.25, 0.3) is 0 Å². The fourth-order valence-corrected chi connectivity index (χ4v) is 2.64. The summed E-state index contributed by atoms with van der Waals surface area (Å²) in [6.45, 7) is 3.43. The number of ether oxygens (including phenoxy) is 1. The molecule has 0 saturated carbocycles. The van der Waals surface area contributed by atoms with Crippen molar-refractivity contribution in [1.82, 2.24) is 0 Å². The van der Waals surface area contributed by atoms with Crippen LogP contribution in [0.15, 0.2) is 42.5 Å².